The molecule has 0 aliphatic heterocycles. The Morgan fingerprint density at radius 1 is 1.00 bits per heavy atom. The highest BCUT2D eigenvalue weighted by Gasteiger charge is 2.13. The summed E-state index contributed by atoms with van der Waals surface area (Å²) in [6.07, 6.45) is 7.70. The highest BCUT2D eigenvalue weighted by Crippen LogP contribution is 2.22. The summed E-state index contributed by atoms with van der Waals surface area (Å²) >= 11 is 0. The van der Waals surface area contributed by atoms with Crippen LogP contribution in [0.4, 0.5) is 0 Å². The van der Waals surface area contributed by atoms with E-state index in [4.69, 9.17) is 0 Å². The van der Waals surface area contributed by atoms with Gasteiger partial charge in [0.1, 0.15) is 5.82 Å². The zero-order chi connectivity index (χ0) is 13.8. The first kappa shape index (κ1) is 12.7. The van der Waals surface area contributed by atoms with E-state index < -0.39 is 0 Å². The molecule has 0 aliphatic carbocycles. The third-order valence-electron chi connectivity index (χ3n) is 3.56. The highest BCUT2D eigenvalue weighted by atomic mass is 15.3. The number of benzene rings is 1. The number of aryl methyl sites for hydroxylation is 2. The molecule has 0 unspecified atom stereocenters. The van der Waals surface area contributed by atoms with Crippen molar-refractivity contribution in [2.45, 2.75) is 25.9 Å². The fourth-order valence-electron chi connectivity index (χ4n) is 2.42. The van der Waals surface area contributed by atoms with Crippen LogP contribution in [0, 0.1) is 0 Å². The van der Waals surface area contributed by atoms with Crippen molar-refractivity contribution in [3.8, 4) is 0 Å². The molecule has 1 atom stereocenters. The van der Waals surface area contributed by atoms with Crippen LogP contribution in [-0.4, -0.2) is 19.3 Å². The van der Waals surface area contributed by atoms with Crippen molar-refractivity contribution in [3.63, 3.8) is 0 Å². The minimum absolute atomic E-state index is 0.295. The Hall–Kier alpha value is -2.36. The van der Waals surface area contributed by atoms with Gasteiger partial charge in [0.05, 0.1) is 6.54 Å². The van der Waals surface area contributed by atoms with E-state index in [0.717, 1.165) is 18.9 Å². The summed E-state index contributed by atoms with van der Waals surface area (Å²) < 4.78 is 4.15. The monoisotopic (exact) mass is 266 g/mol. The Balaban J connectivity index is 1.76. The summed E-state index contributed by atoms with van der Waals surface area (Å²) in [7, 11) is 0. The lowest BCUT2D eigenvalue weighted by atomic mass is 10.0. The van der Waals surface area contributed by atoms with Gasteiger partial charge in [0, 0.05) is 37.3 Å². The van der Waals surface area contributed by atoms with Gasteiger partial charge in [-0.15, -0.1) is 0 Å². The Morgan fingerprint density at radius 2 is 1.85 bits per heavy atom. The Kier molecular flexibility index (Phi) is 3.63. The van der Waals surface area contributed by atoms with Gasteiger partial charge in [-0.2, -0.15) is 5.10 Å². The van der Waals surface area contributed by atoms with Gasteiger partial charge >= 0.3 is 0 Å². The quantitative estimate of drug-likeness (QED) is 0.712. The van der Waals surface area contributed by atoms with Crippen LogP contribution in [0.2, 0.25) is 0 Å². The molecule has 2 heterocycles. The molecule has 1 aromatic carbocycles. The molecule has 0 aliphatic rings. The maximum atomic E-state index is 4.53. The molecule has 0 saturated carbocycles. The first-order valence-corrected chi connectivity index (χ1v) is 6.88. The standard InChI is InChI=1S/C16H18N4/c1-14(15-6-3-2-4-7-15)16-17-9-11-19(16)12-13-20-10-5-8-18-20/h2-11,14H,12-13H2,1H3/t14-/m0/s1. The Morgan fingerprint density at radius 3 is 2.60 bits per heavy atom. The summed E-state index contributed by atoms with van der Waals surface area (Å²) in [5, 5.41) is 4.23. The van der Waals surface area contributed by atoms with Crippen LogP contribution in [0.25, 0.3) is 0 Å². The third-order valence-corrected chi connectivity index (χ3v) is 3.56. The normalized spacial score (nSPS) is 12.4. The molecule has 3 rings (SSSR count). The van der Waals surface area contributed by atoms with Crippen LogP contribution in [0.3, 0.4) is 0 Å². The molecule has 20 heavy (non-hydrogen) atoms. The minimum atomic E-state index is 0.295. The van der Waals surface area contributed by atoms with Crippen LogP contribution < -0.4 is 0 Å². The SMILES string of the molecule is C[C@@H](c1ccccc1)c1nccn1CCn1cccn1. The van der Waals surface area contributed by atoms with Gasteiger partial charge < -0.3 is 4.57 Å². The molecule has 4 heteroatoms. The predicted octanol–water partition coefficient (Wildman–Crippen LogP) is 2.93. The molecular weight excluding hydrogens is 248 g/mol. The average Bonchev–Trinajstić information content (AvgIpc) is 3.16. The van der Waals surface area contributed by atoms with Gasteiger partial charge in [-0.1, -0.05) is 37.3 Å². The fraction of sp³-hybridized carbons (Fsp3) is 0.250. The van der Waals surface area contributed by atoms with Crippen LogP contribution in [0.5, 0.6) is 0 Å². The fourth-order valence-corrected chi connectivity index (χ4v) is 2.42. The molecule has 0 radical (unpaired) electrons. The van der Waals surface area contributed by atoms with Gasteiger partial charge in [0.15, 0.2) is 0 Å². The molecule has 102 valence electrons. The maximum absolute atomic E-state index is 4.53. The summed E-state index contributed by atoms with van der Waals surface area (Å²) in [6, 6.07) is 12.4. The molecule has 2 aromatic heterocycles. The molecule has 0 saturated heterocycles. The molecule has 3 aromatic rings. The minimum Gasteiger partial charge on any atom is -0.333 e. The van der Waals surface area contributed by atoms with E-state index in [-0.39, 0.29) is 0 Å². The van der Waals surface area contributed by atoms with Crippen LogP contribution >= 0.6 is 0 Å². The van der Waals surface area contributed by atoms with Gasteiger partial charge in [-0.05, 0) is 11.6 Å². The molecule has 0 fully saturated rings. The average molecular weight is 266 g/mol. The smallest absolute Gasteiger partial charge is 0.115 e. The number of nitrogens with zero attached hydrogens (tertiary/aromatic N) is 4. The van der Waals surface area contributed by atoms with Crippen LogP contribution in [0.1, 0.15) is 24.2 Å². The summed E-state index contributed by atoms with van der Waals surface area (Å²) in [5.74, 6) is 1.40. The van der Waals surface area contributed by atoms with E-state index in [1.165, 1.54) is 5.56 Å². The molecule has 0 N–H and O–H groups in total. The maximum Gasteiger partial charge on any atom is 0.115 e. The Labute approximate surface area is 118 Å². The zero-order valence-electron chi connectivity index (χ0n) is 11.6. The Bertz CT molecular complexity index is 640. The van der Waals surface area contributed by atoms with Gasteiger partial charge in [-0.3, -0.25) is 4.68 Å². The van der Waals surface area contributed by atoms with Crippen molar-refractivity contribution in [2.75, 3.05) is 0 Å². The summed E-state index contributed by atoms with van der Waals surface area (Å²) in [6.45, 7) is 3.94. The van der Waals surface area contributed by atoms with Crippen LogP contribution in [0.15, 0.2) is 61.2 Å². The van der Waals surface area contributed by atoms with Crippen molar-refractivity contribution in [1.29, 1.82) is 0 Å². The predicted molar refractivity (Wildman–Crippen MR) is 78.4 cm³/mol. The van der Waals surface area contributed by atoms with Crippen molar-refractivity contribution < 1.29 is 0 Å². The summed E-state index contributed by atoms with van der Waals surface area (Å²) in [5.41, 5.74) is 1.29. The third kappa shape index (κ3) is 2.64. The molecule has 0 amide bonds. The molecule has 4 nitrogen and oxygen atoms in total. The van der Waals surface area contributed by atoms with Crippen molar-refractivity contribution >= 4 is 0 Å². The lowest BCUT2D eigenvalue weighted by Crippen LogP contribution is -2.12. The number of hydrogen-bond donors (Lipinski definition) is 0. The van der Waals surface area contributed by atoms with Crippen molar-refractivity contribution in [3.05, 3.63) is 72.6 Å². The number of rotatable bonds is 5. The van der Waals surface area contributed by atoms with Crippen molar-refractivity contribution in [2.24, 2.45) is 0 Å². The zero-order valence-corrected chi connectivity index (χ0v) is 11.6. The van der Waals surface area contributed by atoms with E-state index in [1.54, 1.807) is 6.20 Å². The topological polar surface area (TPSA) is 35.6 Å². The molecule has 0 spiro atoms. The first-order valence-electron chi connectivity index (χ1n) is 6.88. The summed E-state index contributed by atoms with van der Waals surface area (Å²) in [4.78, 5) is 4.53. The highest BCUT2D eigenvalue weighted by molar-refractivity contribution is 5.24. The first-order chi connectivity index (χ1) is 9.84. The van der Waals surface area contributed by atoms with Gasteiger partial charge in [0.2, 0.25) is 0 Å². The molecular formula is C16H18N4. The second-order valence-electron chi connectivity index (χ2n) is 4.88. The number of hydrogen-bond acceptors (Lipinski definition) is 2. The lowest BCUT2D eigenvalue weighted by Gasteiger charge is -2.14. The van der Waals surface area contributed by atoms with E-state index in [0.29, 0.717) is 5.92 Å². The largest absolute Gasteiger partial charge is 0.333 e. The lowest BCUT2D eigenvalue weighted by molar-refractivity contribution is 0.515. The van der Waals surface area contributed by atoms with E-state index >= 15 is 0 Å². The second kappa shape index (κ2) is 5.74. The van der Waals surface area contributed by atoms with E-state index in [2.05, 4.69) is 45.8 Å². The van der Waals surface area contributed by atoms with Crippen LogP contribution in [-0.2, 0) is 13.1 Å². The van der Waals surface area contributed by atoms with E-state index in [9.17, 15) is 0 Å². The van der Waals surface area contributed by atoms with E-state index in [1.807, 2.05) is 35.4 Å². The second-order valence-corrected chi connectivity index (χ2v) is 4.88. The molecule has 0 bridgehead atoms. The number of imidazole rings is 1. The van der Waals surface area contributed by atoms with Gasteiger partial charge in [0.25, 0.3) is 0 Å². The number of aromatic nitrogens is 4. The van der Waals surface area contributed by atoms with Crippen molar-refractivity contribution in [1.82, 2.24) is 19.3 Å². The van der Waals surface area contributed by atoms with Gasteiger partial charge in [-0.25, -0.2) is 4.98 Å².